The average molecular weight is 217 g/mol. The van der Waals surface area contributed by atoms with E-state index in [1.54, 1.807) is 17.1 Å². The van der Waals surface area contributed by atoms with Gasteiger partial charge in [-0.05, 0) is 12.1 Å². The first kappa shape index (κ1) is 10.5. The number of nitrogens with two attached hydrogens (primary N) is 1. The second-order valence-corrected chi connectivity index (χ2v) is 3.62. The van der Waals surface area contributed by atoms with Crippen LogP contribution in [-0.4, -0.2) is 21.3 Å². The molecule has 0 aromatic carbocycles. The van der Waals surface area contributed by atoms with Crippen LogP contribution in [0.3, 0.4) is 0 Å². The first-order valence-electron chi connectivity index (χ1n) is 5.17. The van der Waals surface area contributed by atoms with Crippen molar-refractivity contribution in [1.82, 2.24) is 14.8 Å². The molecule has 0 aliphatic rings. The second-order valence-electron chi connectivity index (χ2n) is 3.62. The molecule has 5 heteroatoms. The Kier molecular flexibility index (Phi) is 3.05. The first-order chi connectivity index (χ1) is 7.75. The standard InChI is InChI=1S/C11H15N5/c1-16-7-4-9(15-16)2-6-14-11-3-5-13-8-10(11)12/h3-5,7-8H,2,6,12H2,1H3,(H,13,14). The van der Waals surface area contributed by atoms with Crippen molar-refractivity contribution in [3.63, 3.8) is 0 Å². The Labute approximate surface area is 94.3 Å². The molecule has 2 aromatic rings. The lowest BCUT2D eigenvalue weighted by molar-refractivity contribution is 0.742. The van der Waals surface area contributed by atoms with Crippen LogP contribution in [0.25, 0.3) is 0 Å². The van der Waals surface area contributed by atoms with E-state index in [0.717, 1.165) is 24.3 Å². The number of rotatable bonds is 4. The fraction of sp³-hybridized carbons (Fsp3) is 0.273. The van der Waals surface area contributed by atoms with Crippen LogP contribution in [-0.2, 0) is 13.5 Å². The van der Waals surface area contributed by atoms with Gasteiger partial charge < -0.3 is 11.1 Å². The van der Waals surface area contributed by atoms with Gasteiger partial charge in [0.25, 0.3) is 0 Å². The number of hydrogen-bond donors (Lipinski definition) is 2. The van der Waals surface area contributed by atoms with Gasteiger partial charge in [-0.25, -0.2) is 0 Å². The SMILES string of the molecule is Cn1ccc(CCNc2ccncc2N)n1. The minimum Gasteiger partial charge on any atom is -0.396 e. The maximum absolute atomic E-state index is 5.76. The molecule has 0 aliphatic carbocycles. The Morgan fingerprint density at radius 2 is 2.31 bits per heavy atom. The Balaban J connectivity index is 1.87. The molecule has 0 unspecified atom stereocenters. The van der Waals surface area contributed by atoms with Gasteiger partial charge in [0, 0.05) is 32.4 Å². The van der Waals surface area contributed by atoms with E-state index in [0.29, 0.717) is 5.69 Å². The van der Waals surface area contributed by atoms with E-state index in [-0.39, 0.29) is 0 Å². The lowest BCUT2D eigenvalue weighted by Crippen LogP contribution is -2.07. The fourth-order valence-electron chi connectivity index (χ4n) is 1.49. The molecule has 3 N–H and O–H groups in total. The minimum absolute atomic E-state index is 0.670. The lowest BCUT2D eigenvalue weighted by Gasteiger charge is -2.07. The third-order valence-electron chi connectivity index (χ3n) is 2.32. The zero-order valence-corrected chi connectivity index (χ0v) is 9.22. The Bertz CT molecular complexity index is 463. The predicted molar refractivity (Wildman–Crippen MR) is 64.1 cm³/mol. The van der Waals surface area contributed by atoms with Crippen molar-refractivity contribution < 1.29 is 0 Å². The van der Waals surface area contributed by atoms with Crippen LogP contribution in [0.5, 0.6) is 0 Å². The van der Waals surface area contributed by atoms with Crippen molar-refractivity contribution in [3.05, 3.63) is 36.4 Å². The third kappa shape index (κ3) is 2.50. The van der Waals surface area contributed by atoms with E-state index in [4.69, 9.17) is 5.73 Å². The van der Waals surface area contributed by atoms with E-state index in [1.807, 2.05) is 25.4 Å². The maximum Gasteiger partial charge on any atom is 0.0736 e. The molecule has 0 radical (unpaired) electrons. The van der Waals surface area contributed by atoms with Gasteiger partial charge in [0.05, 0.1) is 23.3 Å². The molecular formula is C11H15N5. The monoisotopic (exact) mass is 217 g/mol. The highest BCUT2D eigenvalue weighted by atomic mass is 15.2. The molecule has 16 heavy (non-hydrogen) atoms. The smallest absolute Gasteiger partial charge is 0.0736 e. The van der Waals surface area contributed by atoms with E-state index in [2.05, 4.69) is 15.4 Å². The molecular weight excluding hydrogens is 202 g/mol. The van der Waals surface area contributed by atoms with Crippen molar-refractivity contribution in [1.29, 1.82) is 0 Å². The summed E-state index contributed by atoms with van der Waals surface area (Å²) in [7, 11) is 1.91. The fourth-order valence-corrected chi connectivity index (χ4v) is 1.49. The number of aryl methyl sites for hydroxylation is 1. The second kappa shape index (κ2) is 4.65. The summed E-state index contributed by atoms with van der Waals surface area (Å²) >= 11 is 0. The topological polar surface area (TPSA) is 68.8 Å². The van der Waals surface area contributed by atoms with E-state index < -0.39 is 0 Å². The summed E-state index contributed by atoms with van der Waals surface area (Å²) in [5.74, 6) is 0. The van der Waals surface area contributed by atoms with E-state index in [1.165, 1.54) is 0 Å². The van der Waals surface area contributed by atoms with Crippen LogP contribution in [0.15, 0.2) is 30.7 Å². The van der Waals surface area contributed by atoms with Crippen molar-refractivity contribution in [2.75, 3.05) is 17.6 Å². The highest BCUT2D eigenvalue weighted by Gasteiger charge is 1.99. The molecule has 0 saturated carbocycles. The number of nitrogens with zero attached hydrogens (tertiary/aromatic N) is 3. The maximum atomic E-state index is 5.76. The molecule has 0 spiro atoms. The van der Waals surface area contributed by atoms with Gasteiger partial charge in [-0.2, -0.15) is 5.10 Å². The molecule has 0 amide bonds. The summed E-state index contributed by atoms with van der Waals surface area (Å²) in [6.07, 6.45) is 6.18. The molecule has 0 bridgehead atoms. The first-order valence-corrected chi connectivity index (χ1v) is 5.17. The van der Waals surface area contributed by atoms with Gasteiger partial charge >= 0.3 is 0 Å². The summed E-state index contributed by atoms with van der Waals surface area (Å²) in [5, 5.41) is 7.55. The number of hydrogen-bond acceptors (Lipinski definition) is 4. The van der Waals surface area contributed by atoms with Gasteiger partial charge in [-0.3, -0.25) is 9.67 Å². The van der Waals surface area contributed by atoms with Gasteiger partial charge in [-0.1, -0.05) is 0 Å². The van der Waals surface area contributed by atoms with Crippen LogP contribution < -0.4 is 11.1 Å². The Hall–Kier alpha value is -2.04. The van der Waals surface area contributed by atoms with Crippen molar-refractivity contribution in [2.45, 2.75) is 6.42 Å². The van der Waals surface area contributed by atoms with Crippen molar-refractivity contribution in [2.24, 2.45) is 7.05 Å². The highest BCUT2D eigenvalue weighted by molar-refractivity contribution is 5.64. The number of nitrogens with one attached hydrogen (secondary N) is 1. The van der Waals surface area contributed by atoms with Gasteiger partial charge in [0.1, 0.15) is 0 Å². The van der Waals surface area contributed by atoms with Crippen LogP contribution >= 0.6 is 0 Å². The van der Waals surface area contributed by atoms with Gasteiger partial charge in [0.15, 0.2) is 0 Å². The summed E-state index contributed by atoms with van der Waals surface area (Å²) in [6, 6.07) is 3.88. The van der Waals surface area contributed by atoms with E-state index >= 15 is 0 Å². The van der Waals surface area contributed by atoms with Crippen LogP contribution in [0.4, 0.5) is 11.4 Å². The summed E-state index contributed by atoms with van der Waals surface area (Å²) in [5.41, 5.74) is 8.42. The van der Waals surface area contributed by atoms with Crippen LogP contribution in [0, 0.1) is 0 Å². The zero-order valence-electron chi connectivity index (χ0n) is 9.22. The molecule has 5 nitrogen and oxygen atoms in total. The summed E-state index contributed by atoms with van der Waals surface area (Å²) in [4.78, 5) is 3.93. The molecule has 0 aliphatic heterocycles. The van der Waals surface area contributed by atoms with Crippen molar-refractivity contribution >= 4 is 11.4 Å². The number of aromatic nitrogens is 3. The quantitative estimate of drug-likeness (QED) is 0.803. The molecule has 0 fully saturated rings. The molecule has 84 valence electrons. The Morgan fingerprint density at radius 3 is 3.00 bits per heavy atom. The molecule has 0 atom stereocenters. The Morgan fingerprint density at radius 1 is 1.44 bits per heavy atom. The zero-order chi connectivity index (χ0) is 11.4. The number of anilines is 2. The normalized spacial score (nSPS) is 10.3. The van der Waals surface area contributed by atoms with Gasteiger partial charge in [-0.15, -0.1) is 0 Å². The summed E-state index contributed by atoms with van der Waals surface area (Å²) in [6.45, 7) is 0.811. The van der Waals surface area contributed by atoms with Crippen LogP contribution in [0.1, 0.15) is 5.69 Å². The molecule has 0 saturated heterocycles. The largest absolute Gasteiger partial charge is 0.396 e. The van der Waals surface area contributed by atoms with Crippen LogP contribution in [0.2, 0.25) is 0 Å². The molecule has 2 rings (SSSR count). The predicted octanol–water partition coefficient (Wildman–Crippen LogP) is 1.05. The highest BCUT2D eigenvalue weighted by Crippen LogP contribution is 2.14. The average Bonchev–Trinajstić information content (AvgIpc) is 2.67. The van der Waals surface area contributed by atoms with E-state index in [9.17, 15) is 0 Å². The number of pyridine rings is 1. The number of nitrogen functional groups attached to an aromatic ring is 1. The molecule has 2 heterocycles. The summed E-state index contributed by atoms with van der Waals surface area (Å²) < 4.78 is 1.80. The van der Waals surface area contributed by atoms with Gasteiger partial charge in [0.2, 0.25) is 0 Å². The van der Waals surface area contributed by atoms with Crippen molar-refractivity contribution in [3.8, 4) is 0 Å². The molecule has 2 aromatic heterocycles. The minimum atomic E-state index is 0.670. The third-order valence-corrected chi connectivity index (χ3v) is 2.32. The lowest BCUT2D eigenvalue weighted by atomic mass is 10.3.